The molecule has 0 spiro atoms. The van der Waals surface area contributed by atoms with Crippen LogP contribution in [0.1, 0.15) is 58.4 Å². The largest absolute Gasteiger partial charge is 0.508 e. The van der Waals surface area contributed by atoms with E-state index in [0.717, 1.165) is 11.3 Å². The lowest BCUT2D eigenvalue weighted by molar-refractivity contribution is 0.432. The minimum absolute atomic E-state index is 0.218. The number of rotatable bonds is 0. The second-order valence-corrected chi connectivity index (χ2v) is 5.45. The van der Waals surface area contributed by atoms with Crippen LogP contribution in [0.15, 0.2) is 60.8 Å². The Morgan fingerprint density at radius 3 is 1.39 bits per heavy atom. The summed E-state index contributed by atoms with van der Waals surface area (Å²) < 4.78 is 12.3. The molecule has 4 nitrogen and oxygen atoms in total. The van der Waals surface area contributed by atoms with Gasteiger partial charge in [0, 0.05) is 5.69 Å². The van der Waals surface area contributed by atoms with Gasteiger partial charge in [0.1, 0.15) is 11.5 Å². The van der Waals surface area contributed by atoms with Crippen LogP contribution >= 0.6 is 0 Å². The number of hydrogen-bond donors (Lipinski definition) is 3. The lowest BCUT2D eigenvalue weighted by Crippen LogP contribution is -1.76. The maximum absolute atomic E-state index is 12.3. The molecule has 0 unspecified atom stereocenters. The number of aromatic nitrogens is 1. The molecule has 0 fully saturated rings. The summed E-state index contributed by atoms with van der Waals surface area (Å²) in [6.07, 6.45) is 1.43. The summed E-state index contributed by atoms with van der Waals surface area (Å²) >= 11 is 0. The van der Waals surface area contributed by atoms with E-state index in [1.807, 2.05) is 67.5 Å². The summed E-state index contributed by atoms with van der Waals surface area (Å²) in [5, 5.41) is 26.1. The lowest BCUT2D eigenvalue weighted by atomic mass is 10.2. The maximum atomic E-state index is 12.3. The van der Waals surface area contributed by atoms with E-state index in [-0.39, 0.29) is 11.5 Å². The fraction of sp³-hybridized carbons (Fsp3) is 0.346. The summed E-state index contributed by atoms with van der Waals surface area (Å²) in [7, 11) is 0. The Labute approximate surface area is 188 Å². The smallest absolute Gasteiger partial charge is 0.165 e. The van der Waals surface area contributed by atoms with Crippen molar-refractivity contribution in [1.29, 1.82) is 0 Å². The quantitative estimate of drug-likeness (QED) is 0.339. The molecule has 0 bridgehead atoms. The number of phenols is 2. The van der Waals surface area contributed by atoms with Gasteiger partial charge < -0.3 is 15.3 Å². The van der Waals surface area contributed by atoms with Gasteiger partial charge in [0.05, 0.1) is 6.20 Å². The lowest BCUT2D eigenvalue weighted by Gasteiger charge is -1.93. The molecule has 0 aliphatic carbocycles. The van der Waals surface area contributed by atoms with Gasteiger partial charge in [-0.25, -0.2) is 4.39 Å². The van der Waals surface area contributed by atoms with Gasteiger partial charge in [0.15, 0.2) is 11.6 Å². The Balaban J connectivity index is -0.000000338. The topological polar surface area (TPSA) is 73.6 Å². The molecule has 31 heavy (non-hydrogen) atoms. The summed E-state index contributed by atoms with van der Waals surface area (Å²) in [4.78, 5) is 3.83. The number of halogens is 1. The number of hydrogen-bond acceptors (Lipinski definition) is 4. The fourth-order valence-electron chi connectivity index (χ4n) is 1.62. The van der Waals surface area contributed by atoms with Gasteiger partial charge in [-0.05, 0) is 62.7 Å². The highest BCUT2D eigenvalue weighted by Gasteiger charge is 1.96. The van der Waals surface area contributed by atoms with Crippen LogP contribution in [0.2, 0.25) is 0 Å². The third-order valence-corrected chi connectivity index (χ3v) is 3.03. The van der Waals surface area contributed by atoms with Crippen molar-refractivity contribution in [2.75, 3.05) is 0 Å². The van der Waals surface area contributed by atoms with Gasteiger partial charge in [-0.1, -0.05) is 65.3 Å². The Kier molecular flexibility index (Phi) is 22.7. The molecule has 0 saturated heterocycles. The predicted octanol–water partition coefficient (Wildman–Crippen LogP) is 7.71. The van der Waals surface area contributed by atoms with Gasteiger partial charge in [-0.2, -0.15) is 0 Å². The molecule has 3 N–H and O–H groups in total. The third kappa shape index (κ3) is 18.7. The average Bonchev–Trinajstić information content (AvgIpc) is 2.80. The van der Waals surface area contributed by atoms with E-state index in [9.17, 15) is 4.39 Å². The van der Waals surface area contributed by atoms with Gasteiger partial charge in [-0.15, -0.1) is 0 Å². The minimum atomic E-state index is -0.560. The molecular formula is C26H40FNO3. The third-order valence-electron chi connectivity index (χ3n) is 3.03. The minimum Gasteiger partial charge on any atom is -0.508 e. The normalized spacial score (nSPS) is 8.06. The van der Waals surface area contributed by atoms with Gasteiger partial charge >= 0.3 is 0 Å². The first-order valence-corrected chi connectivity index (χ1v) is 10.6. The SMILES string of the molecule is CC.CC.CC.Cc1ccc(O)c(F)c1.Cc1ccc(O)cc1.Cc1ccc(O)cn1. The molecule has 0 saturated carbocycles. The van der Waals surface area contributed by atoms with Gasteiger partial charge in [-0.3, -0.25) is 4.98 Å². The van der Waals surface area contributed by atoms with Crippen LogP contribution < -0.4 is 0 Å². The molecule has 0 atom stereocenters. The van der Waals surface area contributed by atoms with Crippen LogP contribution in [0.25, 0.3) is 0 Å². The zero-order chi connectivity index (χ0) is 24.8. The molecule has 0 radical (unpaired) electrons. The number of aryl methyl sites for hydroxylation is 3. The van der Waals surface area contributed by atoms with Crippen molar-refractivity contribution in [3.8, 4) is 17.2 Å². The summed E-state index contributed by atoms with van der Waals surface area (Å²) in [5.41, 5.74) is 2.90. The summed E-state index contributed by atoms with van der Waals surface area (Å²) in [5.74, 6) is -0.304. The van der Waals surface area contributed by atoms with Crippen molar-refractivity contribution in [1.82, 2.24) is 4.98 Å². The second kappa shape index (κ2) is 21.6. The monoisotopic (exact) mass is 433 g/mol. The average molecular weight is 434 g/mol. The first-order valence-electron chi connectivity index (χ1n) is 10.6. The Hall–Kier alpha value is -3.08. The zero-order valence-electron chi connectivity index (χ0n) is 20.4. The number of aromatic hydroxyl groups is 3. The van der Waals surface area contributed by atoms with Crippen LogP contribution in [0.3, 0.4) is 0 Å². The highest BCUT2D eigenvalue weighted by Crippen LogP contribution is 2.14. The van der Waals surface area contributed by atoms with E-state index in [1.165, 1.54) is 23.9 Å². The van der Waals surface area contributed by atoms with Crippen LogP contribution in [0.5, 0.6) is 17.2 Å². The van der Waals surface area contributed by atoms with Crippen LogP contribution in [0.4, 0.5) is 4.39 Å². The molecule has 3 aromatic rings. The summed E-state index contributed by atoms with van der Waals surface area (Å²) in [6.45, 7) is 17.6. The highest BCUT2D eigenvalue weighted by molar-refractivity contribution is 5.27. The van der Waals surface area contributed by atoms with E-state index in [2.05, 4.69) is 4.98 Å². The van der Waals surface area contributed by atoms with Crippen LogP contribution in [0, 0.1) is 26.6 Å². The van der Waals surface area contributed by atoms with Gasteiger partial charge in [0.2, 0.25) is 0 Å². The Morgan fingerprint density at radius 1 is 0.613 bits per heavy atom. The highest BCUT2D eigenvalue weighted by atomic mass is 19.1. The molecule has 0 amide bonds. The number of nitrogens with zero attached hydrogens (tertiary/aromatic N) is 1. The van der Waals surface area contributed by atoms with E-state index < -0.39 is 5.82 Å². The Morgan fingerprint density at radius 2 is 1.06 bits per heavy atom. The zero-order valence-corrected chi connectivity index (χ0v) is 20.4. The number of benzene rings is 2. The molecule has 2 aromatic carbocycles. The summed E-state index contributed by atoms with van der Waals surface area (Å²) in [6, 6.07) is 14.7. The first kappa shape index (κ1) is 32.6. The van der Waals surface area contributed by atoms with Crippen molar-refractivity contribution < 1.29 is 19.7 Å². The van der Waals surface area contributed by atoms with Crippen molar-refractivity contribution >= 4 is 0 Å². The van der Waals surface area contributed by atoms with E-state index in [0.29, 0.717) is 5.75 Å². The molecular weight excluding hydrogens is 393 g/mol. The number of phenolic OH excluding ortho intramolecular Hbond substituents is 2. The van der Waals surface area contributed by atoms with Crippen molar-refractivity contribution in [2.24, 2.45) is 0 Å². The fourth-order valence-corrected chi connectivity index (χ4v) is 1.62. The molecule has 3 rings (SSSR count). The molecule has 5 heteroatoms. The van der Waals surface area contributed by atoms with Crippen LogP contribution in [-0.4, -0.2) is 20.3 Å². The maximum Gasteiger partial charge on any atom is 0.165 e. The van der Waals surface area contributed by atoms with Crippen molar-refractivity contribution in [3.63, 3.8) is 0 Å². The number of pyridine rings is 1. The van der Waals surface area contributed by atoms with E-state index in [1.54, 1.807) is 37.3 Å². The van der Waals surface area contributed by atoms with Crippen molar-refractivity contribution in [2.45, 2.75) is 62.3 Å². The predicted molar refractivity (Wildman–Crippen MR) is 130 cm³/mol. The Bertz CT molecular complexity index is 688. The van der Waals surface area contributed by atoms with E-state index in [4.69, 9.17) is 15.3 Å². The standard InChI is InChI=1S/C7H7FO.C7H8O.C6H7NO.3C2H6/c1-5-2-3-7(9)6(8)4-5;1-6-2-4-7(8)5-3-6;1-5-2-3-6(8)4-7-5;3*1-2/h2-4,9H,1H3;2-5,8H,1H3;2-4,8H,1H3;3*1-2H3. The second-order valence-electron chi connectivity index (χ2n) is 5.45. The van der Waals surface area contributed by atoms with E-state index >= 15 is 0 Å². The van der Waals surface area contributed by atoms with Crippen molar-refractivity contribution in [3.05, 3.63) is 83.4 Å². The molecule has 0 aliphatic heterocycles. The first-order chi connectivity index (χ1) is 14.8. The van der Waals surface area contributed by atoms with Gasteiger partial charge in [0.25, 0.3) is 0 Å². The molecule has 1 aromatic heterocycles. The molecule has 174 valence electrons. The van der Waals surface area contributed by atoms with Crippen LogP contribution in [-0.2, 0) is 0 Å². The molecule has 1 heterocycles. The molecule has 0 aliphatic rings.